The number of aryl methyl sites for hydroxylation is 3. The lowest BCUT2D eigenvalue weighted by Crippen LogP contribution is -2.16. The van der Waals surface area contributed by atoms with Crippen LogP contribution >= 0.6 is 0 Å². The molecule has 0 spiro atoms. The van der Waals surface area contributed by atoms with Crippen molar-refractivity contribution in [3.63, 3.8) is 0 Å². The summed E-state index contributed by atoms with van der Waals surface area (Å²) in [6.45, 7) is 26.4. The summed E-state index contributed by atoms with van der Waals surface area (Å²) in [5.74, 6) is 2.24. The predicted molar refractivity (Wildman–Crippen MR) is 298 cm³/mol. The summed E-state index contributed by atoms with van der Waals surface area (Å²) in [5, 5.41) is 0.691. The molecule has 0 N–H and O–H groups in total. The fraction of sp³-hybridized carbons (Fsp3) is 0.206. The number of esters is 7. The Kier molecular flexibility index (Phi) is 21.2. The third-order valence-corrected chi connectivity index (χ3v) is 11.3. The molecule has 19 heteroatoms. The number of benzene rings is 5. The van der Waals surface area contributed by atoms with Crippen molar-refractivity contribution in [1.29, 1.82) is 0 Å². The van der Waals surface area contributed by atoms with Crippen LogP contribution in [0.5, 0.6) is 57.5 Å². The minimum atomic E-state index is -0.493. The lowest BCUT2D eigenvalue weighted by Gasteiger charge is -2.17. The number of hydrogen-bond acceptors (Lipinski definition) is 19. The molecule has 6 aromatic rings. The second-order valence-electron chi connectivity index (χ2n) is 18.5. The van der Waals surface area contributed by atoms with Gasteiger partial charge in [0.05, 0.1) is 19.4 Å². The maximum Gasteiger partial charge on any atom is 0.338 e. The van der Waals surface area contributed by atoms with Crippen molar-refractivity contribution in [2.45, 2.75) is 73.1 Å². The molecular weight excluding hydrogens is 1060 g/mol. The topological polar surface area (TPSA) is 242 Å². The lowest BCUT2D eigenvalue weighted by molar-refractivity contribution is -0.136. The van der Waals surface area contributed by atoms with E-state index in [0.29, 0.717) is 116 Å². The zero-order valence-corrected chi connectivity index (χ0v) is 45.8. The van der Waals surface area contributed by atoms with Gasteiger partial charge in [-0.3, -0.25) is 9.59 Å². The first kappa shape index (κ1) is 60.9. The van der Waals surface area contributed by atoms with Crippen molar-refractivity contribution in [1.82, 2.24) is 0 Å². The molecule has 424 valence electrons. The van der Waals surface area contributed by atoms with Gasteiger partial charge in [-0.2, -0.15) is 0 Å². The minimum absolute atomic E-state index is 0.150. The van der Waals surface area contributed by atoms with Crippen LogP contribution in [-0.4, -0.2) is 55.2 Å². The molecule has 82 heavy (non-hydrogen) atoms. The maximum atomic E-state index is 11.3. The van der Waals surface area contributed by atoms with Gasteiger partial charge in [-0.15, -0.1) is 0 Å². The number of fused-ring (bicyclic) bond motifs is 5. The summed E-state index contributed by atoms with van der Waals surface area (Å²) in [6.07, 6.45) is 3.97. The van der Waals surface area contributed by atoms with Crippen LogP contribution in [0, 0.1) is 0 Å². The second kappa shape index (κ2) is 28.5. The molecule has 0 atom stereocenters. The van der Waals surface area contributed by atoms with Crippen molar-refractivity contribution >= 4 is 52.8 Å². The van der Waals surface area contributed by atoms with Gasteiger partial charge in [0.2, 0.25) is 12.5 Å². The molecule has 19 nitrogen and oxygen atoms in total. The van der Waals surface area contributed by atoms with Crippen LogP contribution in [0.4, 0.5) is 0 Å². The van der Waals surface area contributed by atoms with E-state index in [9.17, 15) is 38.4 Å². The number of carbonyl (C=O) groups excluding carboxylic acids is 7. The van der Waals surface area contributed by atoms with Crippen molar-refractivity contribution in [3.05, 3.63) is 191 Å². The molecule has 1 aromatic heterocycles. The summed E-state index contributed by atoms with van der Waals surface area (Å²) in [6, 6.07) is 28.2. The first-order valence-electron chi connectivity index (χ1n) is 25.3. The SMILES string of the molecule is C=C(C)C(=O)Oc1ccc2c(c1)CCC(=O)O2.C=C(C)C(=O)Oc1ccc2c(c1)CCCO2.C=C(C)C(=O)Oc1ccc2c(c1)OC(=O)CC2.C=C(C)C(=O)Oc1ccc2oc(=O)ccc2c1.C=C(C)C(=O)Oc1cccc2c1OCO2. The van der Waals surface area contributed by atoms with Gasteiger partial charge in [0.15, 0.2) is 11.5 Å². The van der Waals surface area contributed by atoms with E-state index in [1.807, 2.05) is 12.1 Å². The highest BCUT2D eigenvalue weighted by Gasteiger charge is 2.22. The summed E-state index contributed by atoms with van der Waals surface area (Å²) in [7, 11) is 0. The van der Waals surface area contributed by atoms with E-state index >= 15 is 0 Å². The third-order valence-electron chi connectivity index (χ3n) is 11.3. The Morgan fingerprint density at radius 3 is 1.50 bits per heavy atom. The molecule has 0 aliphatic carbocycles. The first-order valence-corrected chi connectivity index (χ1v) is 25.3. The van der Waals surface area contributed by atoms with Crippen molar-refractivity contribution < 1.29 is 85.3 Å². The molecule has 10 rings (SSSR count). The third kappa shape index (κ3) is 17.9. The number of carbonyl (C=O) groups is 7. The Morgan fingerprint density at radius 2 is 0.915 bits per heavy atom. The lowest BCUT2D eigenvalue weighted by atomic mass is 10.1. The van der Waals surface area contributed by atoms with Gasteiger partial charge in [0, 0.05) is 45.4 Å². The zero-order chi connectivity index (χ0) is 59.6. The van der Waals surface area contributed by atoms with Crippen LogP contribution in [0.2, 0.25) is 0 Å². The van der Waals surface area contributed by atoms with Gasteiger partial charge < -0.3 is 51.8 Å². The zero-order valence-electron chi connectivity index (χ0n) is 45.8. The molecular formula is C63H58O19. The van der Waals surface area contributed by atoms with Crippen LogP contribution in [0.15, 0.2) is 173 Å². The van der Waals surface area contributed by atoms with Crippen LogP contribution in [-0.2, 0) is 52.8 Å². The standard InChI is InChI=1S/C13H12O4.C13H10O4.C13H12O4.C13H14O3.C11H10O4/c2*1-8(2)13(15)16-10-4-5-11-9(7-10)3-6-12(14)17-11;1-8(2)13(15)16-10-5-3-9-4-6-12(14)17-11(9)7-10;1-9(2)13(14)16-11-5-6-12-10(8-11)4-3-7-15-12;1-7(2)11(12)15-9-5-3-4-8-10(9)14-6-13-8/h4-5,7H,1,3,6H2,2H3;3-7H,1H2,2H3;3,5,7H,1,4,6H2,2H3;5-6,8H,1,3-4,7H2,2H3;3-5H,1,6H2,2H3. The highest BCUT2D eigenvalue weighted by Crippen LogP contribution is 2.41. The maximum absolute atomic E-state index is 11.3. The summed E-state index contributed by atoms with van der Waals surface area (Å²) >= 11 is 0. The molecule has 4 aliphatic heterocycles. The van der Waals surface area contributed by atoms with Crippen molar-refractivity contribution in [2.24, 2.45) is 0 Å². The minimum Gasteiger partial charge on any atom is -0.493 e. The van der Waals surface area contributed by atoms with Gasteiger partial charge >= 0.3 is 47.4 Å². The van der Waals surface area contributed by atoms with E-state index in [0.717, 1.165) is 41.9 Å². The van der Waals surface area contributed by atoms with E-state index in [2.05, 4.69) is 32.9 Å². The van der Waals surface area contributed by atoms with Crippen LogP contribution in [0.1, 0.15) is 70.6 Å². The molecule has 0 saturated carbocycles. The monoisotopic (exact) mass is 1120 g/mol. The molecule has 5 aromatic carbocycles. The Hall–Kier alpha value is -10.3. The van der Waals surface area contributed by atoms with E-state index in [4.69, 9.17) is 51.8 Å². The number of ether oxygens (including phenoxy) is 10. The van der Waals surface area contributed by atoms with Crippen LogP contribution < -0.4 is 53.0 Å². The van der Waals surface area contributed by atoms with Gasteiger partial charge in [-0.25, -0.2) is 28.8 Å². The molecule has 0 saturated heterocycles. The molecule has 0 amide bonds. The normalized spacial score (nSPS) is 12.6. The Morgan fingerprint density at radius 1 is 0.427 bits per heavy atom. The Bertz CT molecular complexity index is 3600. The van der Waals surface area contributed by atoms with E-state index in [1.54, 1.807) is 120 Å². The molecule has 5 heterocycles. The van der Waals surface area contributed by atoms with Crippen molar-refractivity contribution in [3.8, 4) is 57.5 Å². The fourth-order valence-corrected chi connectivity index (χ4v) is 7.10. The molecule has 0 radical (unpaired) electrons. The number of para-hydroxylation sites is 1. The Labute approximate surface area is 471 Å². The van der Waals surface area contributed by atoms with E-state index in [-0.39, 0.29) is 18.7 Å². The Balaban J connectivity index is 0.000000165. The predicted octanol–water partition coefficient (Wildman–Crippen LogP) is 10.7. The van der Waals surface area contributed by atoms with Gasteiger partial charge in [0.1, 0.15) is 45.8 Å². The van der Waals surface area contributed by atoms with Gasteiger partial charge in [-0.1, -0.05) is 45.0 Å². The summed E-state index contributed by atoms with van der Waals surface area (Å²) in [5.41, 5.74) is 4.67. The average molecular weight is 1120 g/mol. The quantitative estimate of drug-likeness (QED) is 0.0536. The second-order valence-corrected chi connectivity index (χ2v) is 18.5. The van der Waals surface area contributed by atoms with E-state index in [1.165, 1.54) is 6.07 Å². The number of hydrogen-bond donors (Lipinski definition) is 0. The largest absolute Gasteiger partial charge is 0.493 e. The highest BCUT2D eigenvalue weighted by atomic mass is 16.7. The molecule has 4 aliphatic rings. The smallest absolute Gasteiger partial charge is 0.338 e. The molecule has 0 fully saturated rings. The van der Waals surface area contributed by atoms with Crippen LogP contribution in [0.3, 0.4) is 0 Å². The average Bonchev–Trinajstić information content (AvgIpc) is 4.12. The highest BCUT2D eigenvalue weighted by molar-refractivity contribution is 5.91. The van der Waals surface area contributed by atoms with E-state index < -0.39 is 35.5 Å². The molecule has 0 bridgehead atoms. The number of rotatable bonds is 10. The van der Waals surface area contributed by atoms with Gasteiger partial charge in [-0.05, 0) is 156 Å². The summed E-state index contributed by atoms with van der Waals surface area (Å²) < 4.78 is 56.3. The fourth-order valence-electron chi connectivity index (χ4n) is 7.10. The van der Waals surface area contributed by atoms with Crippen molar-refractivity contribution in [2.75, 3.05) is 13.4 Å². The van der Waals surface area contributed by atoms with Gasteiger partial charge in [0.25, 0.3) is 0 Å². The molecule has 0 unspecified atom stereocenters. The van der Waals surface area contributed by atoms with Crippen LogP contribution in [0.25, 0.3) is 11.0 Å². The first-order chi connectivity index (χ1) is 39.0. The summed E-state index contributed by atoms with van der Waals surface area (Å²) in [4.78, 5) is 89.7.